The molecule has 0 fully saturated rings. The van der Waals surface area contributed by atoms with E-state index in [1.165, 1.54) is 4.68 Å². The van der Waals surface area contributed by atoms with Crippen molar-refractivity contribution in [2.24, 2.45) is 0 Å². The van der Waals surface area contributed by atoms with E-state index in [2.05, 4.69) is 15.4 Å². The van der Waals surface area contributed by atoms with Crippen molar-refractivity contribution in [3.05, 3.63) is 81.0 Å². The zero-order valence-electron chi connectivity index (χ0n) is 15.6. The molecule has 2 heterocycles. The van der Waals surface area contributed by atoms with Gasteiger partial charge in [-0.25, -0.2) is 0 Å². The van der Waals surface area contributed by atoms with E-state index in [-0.39, 0.29) is 12.5 Å². The third-order valence-electron chi connectivity index (χ3n) is 4.12. The second-order valence-electron chi connectivity index (χ2n) is 6.23. The van der Waals surface area contributed by atoms with Crippen LogP contribution in [0.5, 0.6) is 5.75 Å². The van der Waals surface area contributed by atoms with Crippen molar-refractivity contribution in [3.8, 4) is 17.1 Å². The van der Waals surface area contributed by atoms with Crippen LogP contribution in [-0.4, -0.2) is 27.3 Å². The van der Waals surface area contributed by atoms with E-state index in [1.54, 1.807) is 29.5 Å². The Morgan fingerprint density at radius 1 is 1.10 bits per heavy atom. The van der Waals surface area contributed by atoms with Crippen molar-refractivity contribution in [3.63, 3.8) is 0 Å². The summed E-state index contributed by atoms with van der Waals surface area (Å²) >= 11 is 13.6. The molecule has 0 amide bonds. The number of carbonyl (C=O) groups is 1. The fourth-order valence-corrected chi connectivity index (χ4v) is 3.79. The number of ether oxygens (including phenoxy) is 1. The van der Waals surface area contributed by atoms with Crippen LogP contribution in [0, 0.1) is 0 Å². The first-order valence-electron chi connectivity index (χ1n) is 9.00. The van der Waals surface area contributed by atoms with E-state index in [9.17, 15) is 4.79 Å². The van der Waals surface area contributed by atoms with E-state index < -0.39 is 0 Å². The molecule has 0 atom stereocenters. The topological polar surface area (TPSA) is 69.0 Å². The van der Waals surface area contributed by atoms with Crippen molar-refractivity contribution in [1.82, 2.24) is 14.8 Å². The lowest BCUT2D eigenvalue weighted by atomic mass is 10.2. The number of benzene rings is 2. The number of anilines is 1. The molecule has 0 aliphatic carbocycles. The molecule has 0 bridgehead atoms. The quantitative estimate of drug-likeness (QED) is 0.387. The lowest BCUT2D eigenvalue weighted by molar-refractivity contribution is 0.0824. The minimum Gasteiger partial charge on any atom is -0.482 e. The molecule has 1 N–H and O–H groups in total. The van der Waals surface area contributed by atoms with Crippen LogP contribution in [0.4, 0.5) is 5.95 Å². The molecule has 0 spiro atoms. The standard InChI is InChI=1S/C21H16Cl2N4O2S/c22-15-8-9-18(17(23)11-15)29-13-19(28)27-21(24-12-16-7-4-10-30-16)25-20(26-27)14-5-2-1-3-6-14/h1-11H,12-13H2,(H,24,25,26). The lowest BCUT2D eigenvalue weighted by Crippen LogP contribution is -2.22. The number of carbonyl (C=O) groups excluding carboxylic acids is 1. The van der Waals surface area contributed by atoms with E-state index >= 15 is 0 Å². The van der Waals surface area contributed by atoms with Crippen LogP contribution in [-0.2, 0) is 6.54 Å². The zero-order valence-corrected chi connectivity index (χ0v) is 17.9. The van der Waals surface area contributed by atoms with Gasteiger partial charge in [0.15, 0.2) is 12.4 Å². The molecule has 30 heavy (non-hydrogen) atoms. The fourth-order valence-electron chi connectivity index (χ4n) is 2.68. The molecular weight excluding hydrogens is 443 g/mol. The molecule has 0 saturated carbocycles. The van der Waals surface area contributed by atoms with Gasteiger partial charge in [0, 0.05) is 15.5 Å². The fraction of sp³-hybridized carbons (Fsp3) is 0.0952. The molecular formula is C21H16Cl2N4O2S. The second-order valence-corrected chi connectivity index (χ2v) is 8.10. The third kappa shape index (κ3) is 4.81. The van der Waals surface area contributed by atoms with E-state index in [0.717, 1.165) is 10.4 Å². The Bertz CT molecular complexity index is 1150. The number of nitrogens with zero attached hydrogens (tertiary/aromatic N) is 3. The van der Waals surface area contributed by atoms with Gasteiger partial charge in [0.1, 0.15) is 5.75 Å². The Kier molecular flexibility index (Phi) is 6.32. The van der Waals surface area contributed by atoms with Gasteiger partial charge in [-0.1, -0.05) is 59.6 Å². The monoisotopic (exact) mass is 458 g/mol. The van der Waals surface area contributed by atoms with Gasteiger partial charge in [0.25, 0.3) is 5.91 Å². The van der Waals surface area contributed by atoms with Gasteiger partial charge in [-0.15, -0.1) is 16.4 Å². The Balaban J connectivity index is 1.56. The van der Waals surface area contributed by atoms with Crippen LogP contribution in [0.15, 0.2) is 66.0 Å². The summed E-state index contributed by atoms with van der Waals surface area (Å²) in [6.07, 6.45) is 0. The van der Waals surface area contributed by atoms with Gasteiger partial charge in [-0.3, -0.25) is 4.79 Å². The van der Waals surface area contributed by atoms with Gasteiger partial charge < -0.3 is 10.1 Å². The van der Waals surface area contributed by atoms with Gasteiger partial charge >= 0.3 is 0 Å². The van der Waals surface area contributed by atoms with Crippen molar-refractivity contribution < 1.29 is 9.53 Å². The number of halogens is 2. The maximum Gasteiger partial charge on any atom is 0.287 e. The zero-order chi connectivity index (χ0) is 20.9. The molecule has 2 aromatic heterocycles. The van der Waals surface area contributed by atoms with Crippen LogP contribution in [0.2, 0.25) is 10.0 Å². The number of hydrogen-bond acceptors (Lipinski definition) is 6. The minimum absolute atomic E-state index is 0.257. The van der Waals surface area contributed by atoms with Crippen molar-refractivity contribution in [2.75, 3.05) is 11.9 Å². The third-order valence-corrected chi connectivity index (χ3v) is 5.53. The summed E-state index contributed by atoms with van der Waals surface area (Å²) in [5.41, 5.74) is 0.810. The number of hydrogen-bond donors (Lipinski definition) is 1. The molecule has 2 aromatic carbocycles. The average molecular weight is 459 g/mol. The highest BCUT2D eigenvalue weighted by atomic mass is 35.5. The molecule has 0 aliphatic heterocycles. The number of aromatic nitrogens is 3. The van der Waals surface area contributed by atoms with Gasteiger partial charge in [-0.2, -0.15) is 9.67 Å². The molecule has 6 nitrogen and oxygen atoms in total. The van der Waals surface area contributed by atoms with Crippen LogP contribution < -0.4 is 10.1 Å². The number of thiophene rings is 1. The first-order valence-corrected chi connectivity index (χ1v) is 10.6. The Morgan fingerprint density at radius 2 is 1.93 bits per heavy atom. The summed E-state index contributed by atoms with van der Waals surface area (Å²) in [5.74, 6) is 0.774. The molecule has 9 heteroatoms. The Labute approximate surface area is 187 Å². The van der Waals surface area contributed by atoms with Gasteiger partial charge in [-0.05, 0) is 29.6 Å². The normalized spacial score (nSPS) is 10.7. The SMILES string of the molecule is O=C(COc1ccc(Cl)cc1Cl)n1nc(-c2ccccc2)nc1NCc1cccs1. The maximum atomic E-state index is 12.9. The summed E-state index contributed by atoms with van der Waals surface area (Å²) in [6.45, 7) is 0.272. The van der Waals surface area contributed by atoms with Crippen LogP contribution in [0.25, 0.3) is 11.4 Å². The van der Waals surface area contributed by atoms with Gasteiger partial charge in [0.05, 0.1) is 11.6 Å². The van der Waals surface area contributed by atoms with Gasteiger partial charge in [0.2, 0.25) is 5.95 Å². The molecule has 4 rings (SSSR count). The number of rotatable bonds is 7. The largest absolute Gasteiger partial charge is 0.482 e. The summed E-state index contributed by atoms with van der Waals surface area (Å²) in [7, 11) is 0. The predicted octanol–water partition coefficient (Wildman–Crippen LogP) is 5.64. The average Bonchev–Trinajstić information content (AvgIpc) is 3.42. The Hall–Kier alpha value is -2.87. The molecule has 152 valence electrons. The molecule has 0 saturated heterocycles. The molecule has 0 unspecified atom stereocenters. The summed E-state index contributed by atoms with van der Waals surface area (Å²) < 4.78 is 6.80. The summed E-state index contributed by atoms with van der Waals surface area (Å²) in [6, 6.07) is 18.2. The predicted molar refractivity (Wildman–Crippen MR) is 120 cm³/mol. The Morgan fingerprint density at radius 3 is 2.67 bits per heavy atom. The lowest BCUT2D eigenvalue weighted by Gasteiger charge is -2.09. The van der Waals surface area contributed by atoms with Crippen LogP contribution in [0.3, 0.4) is 0 Å². The minimum atomic E-state index is -0.385. The highest BCUT2D eigenvalue weighted by molar-refractivity contribution is 7.09. The van der Waals surface area contributed by atoms with E-state index in [1.807, 2.05) is 47.8 Å². The smallest absolute Gasteiger partial charge is 0.287 e. The van der Waals surface area contributed by atoms with Crippen molar-refractivity contribution >= 4 is 46.4 Å². The first-order chi connectivity index (χ1) is 14.6. The van der Waals surface area contributed by atoms with Crippen LogP contribution in [0.1, 0.15) is 9.67 Å². The van der Waals surface area contributed by atoms with Crippen LogP contribution >= 0.6 is 34.5 Å². The van der Waals surface area contributed by atoms with E-state index in [0.29, 0.717) is 34.1 Å². The summed E-state index contributed by atoms with van der Waals surface area (Å²) in [5, 5.41) is 10.4. The van der Waals surface area contributed by atoms with Crippen molar-refractivity contribution in [1.29, 1.82) is 0 Å². The van der Waals surface area contributed by atoms with E-state index in [4.69, 9.17) is 27.9 Å². The molecule has 0 aliphatic rings. The first kappa shape index (κ1) is 20.4. The van der Waals surface area contributed by atoms with Crippen molar-refractivity contribution in [2.45, 2.75) is 6.54 Å². The number of nitrogens with one attached hydrogen (secondary N) is 1. The summed E-state index contributed by atoms with van der Waals surface area (Å²) in [4.78, 5) is 18.5. The maximum absolute atomic E-state index is 12.9. The highest BCUT2D eigenvalue weighted by Gasteiger charge is 2.18. The highest BCUT2D eigenvalue weighted by Crippen LogP contribution is 2.27. The molecule has 4 aromatic rings. The molecule has 0 radical (unpaired) electrons. The second kappa shape index (κ2) is 9.30.